The van der Waals surface area contributed by atoms with Gasteiger partial charge < -0.3 is 24.5 Å². The summed E-state index contributed by atoms with van der Waals surface area (Å²) in [4.78, 5) is 24.5. The molecule has 0 spiro atoms. The Balaban J connectivity index is 1.59. The molecule has 0 radical (unpaired) electrons. The molecule has 7 heteroatoms. The van der Waals surface area contributed by atoms with Gasteiger partial charge in [0, 0.05) is 0 Å². The van der Waals surface area contributed by atoms with Crippen molar-refractivity contribution in [2.24, 2.45) is 0 Å². The number of carbonyl (C=O) groups is 2. The van der Waals surface area contributed by atoms with Crippen LogP contribution in [-0.4, -0.2) is 31.1 Å². The topological polar surface area (TPSA) is 89.8 Å². The van der Waals surface area contributed by atoms with Crippen LogP contribution in [0.5, 0.6) is 11.5 Å². The average Bonchev–Trinajstić information content (AvgIpc) is 3.42. The lowest BCUT2D eigenvalue weighted by molar-refractivity contribution is -0.123. The van der Waals surface area contributed by atoms with Gasteiger partial charge >= 0.3 is 0 Å². The third-order valence-electron chi connectivity index (χ3n) is 5.13. The molecular formula is C22H28N2O5. The van der Waals surface area contributed by atoms with Gasteiger partial charge in [-0.2, -0.15) is 0 Å². The number of methoxy groups -OCH3 is 1. The number of amides is 2. The first-order valence-electron chi connectivity index (χ1n) is 9.97. The van der Waals surface area contributed by atoms with E-state index in [-0.39, 0.29) is 23.8 Å². The molecule has 0 saturated heterocycles. The van der Waals surface area contributed by atoms with Crippen molar-refractivity contribution in [3.05, 3.63) is 47.9 Å². The zero-order chi connectivity index (χ0) is 20.8. The van der Waals surface area contributed by atoms with Crippen LogP contribution in [0.25, 0.3) is 0 Å². The molecule has 156 valence electrons. The summed E-state index contributed by atoms with van der Waals surface area (Å²) >= 11 is 0. The summed E-state index contributed by atoms with van der Waals surface area (Å²) in [6, 6.07) is 7.88. The minimum atomic E-state index is -0.707. The number of hydrogen-bond donors (Lipinski definition) is 2. The molecule has 1 aromatic carbocycles. The standard InChI is InChI=1S/C22H28N2O5/c1-14(23-21(25)15(2)24-22(26)19-9-6-12-28-19)16-10-11-18(20(13-16)27-3)29-17-7-4-5-8-17/h6,9-15,17H,4-5,7-8H2,1-3H3,(H,23,25)(H,24,26)/t14-,15+/m1/s1. The van der Waals surface area contributed by atoms with Crippen LogP contribution in [0, 0.1) is 0 Å². The van der Waals surface area contributed by atoms with Crippen LogP contribution in [0.1, 0.15) is 61.7 Å². The van der Waals surface area contributed by atoms with E-state index in [0.29, 0.717) is 5.75 Å². The Hall–Kier alpha value is -2.96. The van der Waals surface area contributed by atoms with Crippen molar-refractivity contribution in [1.29, 1.82) is 0 Å². The summed E-state index contributed by atoms with van der Waals surface area (Å²) in [6.07, 6.45) is 6.18. The molecular weight excluding hydrogens is 372 g/mol. The summed E-state index contributed by atoms with van der Waals surface area (Å²) in [5, 5.41) is 5.53. The quantitative estimate of drug-likeness (QED) is 0.707. The number of benzene rings is 1. The summed E-state index contributed by atoms with van der Waals surface area (Å²) in [5.41, 5.74) is 0.888. The first kappa shape index (κ1) is 20.8. The normalized spacial score (nSPS) is 16.1. The van der Waals surface area contributed by atoms with E-state index >= 15 is 0 Å². The zero-order valence-electron chi connectivity index (χ0n) is 17.1. The lowest BCUT2D eigenvalue weighted by atomic mass is 10.1. The summed E-state index contributed by atoms with van der Waals surface area (Å²) in [5.74, 6) is 0.818. The smallest absolute Gasteiger partial charge is 0.287 e. The van der Waals surface area contributed by atoms with Gasteiger partial charge in [-0.1, -0.05) is 6.07 Å². The molecule has 29 heavy (non-hydrogen) atoms. The van der Waals surface area contributed by atoms with Gasteiger partial charge in [-0.15, -0.1) is 0 Å². The minimum absolute atomic E-state index is 0.167. The van der Waals surface area contributed by atoms with E-state index in [1.54, 1.807) is 26.2 Å². The molecule has 1 heterocycles. The predicted molar refractivity (Wildman–Crippen MR) is 108 cm³/mol. The number of ether oxygens (including phenoxy) is 2. The summed E-state index contributed by atoms with van der Waals surface area (Å²) in [6.45, 7) is 3.51. The van der Waals surface area contributed by atoms with Crippen LogP contribution in [0.4, 0.5) is 0 Å². The lowest BCUT2D eigenvalue weighted by Crippen LogP contribution is -2.45. The molecule has 1 fully saturated rings. The first-order chi connectivity index (χ1) is 14.0. The highest BCUT2D eigenvalue weighted by atomic mass is 16.5. The van der Waals surface area contributed by atoms with Crippen molar-refractivity contribution >= 4 is 11.8 Å². The molecule has 2 aromatic rings. The Kier molecular flexibility index (Phi) is 6.80. The molecule has 1 aromatic heterocycles. The molecule has 7 nitrogen and oxygen atoms in total. The first-order valence-corrected chi connectivity index (χ1v) is 9.97. The van der Waals surface area contributed by atoms with Crippen LogP contribution < -0.4 is 20.1 Å². The van der Waals surface area contributed by atoms with Crippen molar-refractivity contribution in [1.82, 2.24) is 10.6 Å². The fraction of sp³-hybridized carbons (Fsp3) is 0.455. The van der Waals surface area contributed by atoms with Crippen molar-refractivity contribution in [3.8, 4) is 11.5 Å². The van der Waals surface area contributed by atoms with Gasteiger partial charge in [-0.3, -0.25) is 9.59 Å². The van der Waals surface area contributed by atoms with E-state index in [1.807, 2.05) is 25.1 Å². The van der Waals surface area contributed by atoms with Crippen LogP contribution in [-0.2, 0) is 4.79 Å². The molecule has 2 amide bonds. The molecule has 1 aliphatic carbocycles. The van der Waals surface area contributed by atoms with E-state index in [4.69, 9.17) is 13.9 Å². The van der Waals surface area contributed by atoms with Gasteiger partial charge in [0.2, 0.25) is 5.91 Å². The van der Waals surface area contributed by atoms with Gasteiger partial charge in [0.1, 0.15) is 6.04 Å². The highest BCUT2D eigenvalue weighted by Crippen LogP contribution is 2.33. The van der Waals surface area contributed by atoms with E-state index < -0.39 is 11.9 Å². The highest BCUT2D eigenvalue weighted by molar-refractivity contribution is 5.95. The second kappa shape index (κ2) is 9.49. The van der Waals surface area contributed by atoms with Crippen LogP contribution in [0.2, 0.25) is 0 Å². The Morgan fingerprint density at radius 1 is 1.10 bits per heavy atom. The fourth-order valence-electron chi connectivity index (χ4n) is 3.40. The minimum Gasteiger partial charge on any atom is -0.493 e. The number of rotatable bonds is 8. The number of hydrogen-bond acceptors (Lipinski definition) is 5. The molecule has 2 atom stereocenters. The lowest BCUT2D eigenvalue weighted by Gasteiger charge is -2.21. The highest BCUT2D eigenvalue weighted by Gasteiger charge is 2.22. The average molecular weight is 400 g/mol. The van der Waals surface area contributed by atoms with Gasteiger partial charge in [0.25, 0.3) is 5.91 Å². The largest absolute Gasteiger partial charge is 0.493 e. The maximum atomic E-state index is 12.5. The maximum absolute atomic E-state index is 12.5. The summed E-state index contributed by atoms with van der Waals surface area (Å²) in [7, 11) is 1.61. The summed E-state index contributed by atoms with van der Waals surface area (Å²) < 4.78 is 16.6. The Morgan fingerprint density at radius 2 is 1.86 bits per heavy atom. The molecule has 0 aliphatic heterocycles. The van der Waals surface area contributed by atoms with E-state index in [1.165, 1.54) is 19.1 Å². The number of carbonyl (C=O) groups excluding carboxylic acids is 2. The molecule has 2 N–H and O–H groups in total. The molecule has 0 bridgehead atoms. The van der Waals surface area contributed by atoms with Crippen molar-refractivity contribution in [3.63, 3.8) is 0 Å². The second-order valence-electron chi connectivity index (χ2n) is 7.34. The molecule has 1 aliphatic rings. The predicted octanol–water partition coefficient (Wildman–Crippen LogP) is 3.61. The second-order valence-corrected chi connectivity index (χ2v) is 7.34. The monoisotopic (exact) mass is 400 g/mol. The maximum Gasteiger partial charge on any atom is 0.287 e. The Bertz CT molecular complexity index is 828. The third kappa shape index (κ3) is 5.31. The Morgan fingerprint density at radius 3 is 2.52 bits per heavy atom. The van der Waals surface area contributed by atoms with Gasteiger partial charge in [-0.25, -0.2) is 0 Å². The van der Waals surface area contributed by atoms with Gasteiger partial charge in [-0.05, 0) is 69.4 Å². The molecule has 0 unspecified atom stereocenters. The van der Waals surface area contributed by atoms with Gasteiger partial charge in [0.05, 0.1) is 25.5 Å². The SMILES string of the molecule is COc1cc([C@@H](C)NC(=O)[C@H](C)NC(=O)c2ccco2)ccc1OC1CCCC1. The number of nitrogens with one attached hydrogen (secondary N) is 2. The van der Waals surface area contributed by atoms with Crippen LogP contribution in [0.15, 0.2) is 41.0 Å². The molecule has 1 saturated carbocycles. The van der Waals surface area contributed by atoms with Crippen LogP contribution >= 0.6 is 0 Å². The van der Waals surface area contributed by atoms with Crippen molar-refractivity contribution in [2.75, 3.05) is 7.11 Å². The third-order valence-corrected chi connectivity index (χ3v) is 5.13. The Labute approximate surface area is 170 Å². The van der Waals surface area contributed by atoms with Crippen molar-refractivity contribution in [2.45, 2.75) is 57.7 Å². The number of furan rings is 1. The van der Waals surface area contributed by atoms with E-state index in [2.05, 4.69) is 10.6 Å². The van der Waals surface area contributed by atoms with Crippen LogP contribution in [0.3, 0.4) is 0 Å². The molecule has 3 rings (SSSR count). The van der Waals surface area contributed by atoms with E-state index in [0.717, 1.165) is 24.2 Å². The van der Waals surface area contributed by atoms with Crippen molar-refractivity contribution < 1.29 is 23.5 Å². The zero-order valence-corrected chi connectivity index (χ0v) is 17.1. The van der Waals surface area contributed by atoms with Gasteiger partial charge in [0.15, 0.2) is 17.3 Å². The fourth-order valence-corrected chi connectivity index (χ4v) is 3.40. The van der Waals surface area contributed by atoms with E-state index in [9.17, 15) is 9.59 Å².